The summed E-state index contributed by atoms with van der Waals surface area (Å²) < 4.78 is 6.20. The summed E-state index contributed by atoms with van der Waals surface area (Å²) in [5.74, 6) is -0.860. The van der Waals surface area contributed by atoms with Gasteiger partial charge in [0.05, 0.1) is 18.7 Å². The molecule has 45 heavy (non-hydrogen) atoms. The average Bonchev–Trinajstić information content (AvgIpc) is 3.05. The highest BCUT2D eigenvalue weighted by Gasteiger charge is 2.15. The molecule has 4 aromatic carbocycles. The lowest BCUT2D eigenvalue weighted by Gasteiger charge is -2.23. The van der Waals surface area contributed by atoms with Crippen molar-refractivity contribution in [2.24, 2.45) is 5.92 Å². The number of benzene rings is 4. The van der Waals surface area contributed by atoms with Crippen molar-refractivity contribution in [2.45, 2.75) is 45.1 Å². The van der Waals surface area contributed by atoms with Crippen molar-refractivity contribution in [1.82, 2.24) is 4.90 Å². The van der Waals surface area contributed by atoms with E-state index in [1.807, 2.05) is 77.7 Å². The van der Waals surface area contributed by atoms with Gasteiger partial charge in [-0.2, -0.15) is 0 Å². The van der Waals surface area contributed by atoms with Crippen molar-refractivity contribution in [1.29, 1.82) is 0 Å². The zero-order chi connectivity index (χ0) is 31.7. The fourth-order valence-electron chi connectivity index (χ4n) is 5.37. The molecule has 0 saturated heterocycles. The topological polar surface area (TPSA) is 87.1 Å². The van der Waals surface area contributed by atoms with E-state index in [1.54, 1.807) is 12.1 Å². The molecule has 0 bridgehead atoms. The van der Waals surface area contributed by atoms with Gasteiger partial charge in [0.2, 0.25) is 0 Å². The van der Waals surface area contributed by atoms with Gasteiger partial charge in [0.25, 0.3) is 0 Å². The summed E-state index contributed by atoms with van der Waals surface area (Å²) in [5, 5.41) is 18.9. The Labute approximate surface area is 266 Å². The van der Waals surface area contributed by atoms with Gasteiger partial charge in [-0.05, 0) is 85.9 Å². The average molecular weight is 606 g/mol. The number of rotatable bonds is 19. The highest BCUT2D eigenvalue weighted by atomic mass is 16.5. The highest BCUT2D eigenvalue weighted by Crippen LogP contribution is 2.23. The number of ether oxygens (including phenoxy) is 1. The first-order chi connectivity index (χ1) is 22.0. The van der Waals surface area contributed by atoms with Crippen LogP contribution in [0, 0.1) is 5.92 Å². The number of para-hydroxylation sites is 1. The Morgan fingerprint density at radius 2 is 1.40 bits per heavy atom. The zero-order valence-corrected chi connectivity index (χ0v) is 25.8. The minimum Gasteiger partial charge on any atom is -0.493 e. The van der Waals surface area contributed by atoms with Crippen LogP contribution in [0.25, 0.3) is 6.08 Å². The van der Waals surface area contributed by atoms with Crippen LogP contribution >= 0.6 is 0 Å². The summed E-state index contributed by atoms with van der Waals surface area (Å²) in [6.45, 7) is 1.77. The monoisotopic (exact) mass is 605 g/mol. The molecule has 6 heteroatoms. The number of hydrogen-bond acceptors (Lipinski definition) is 4. The summed E-state index contributed by atoms with van der Waals surface area (Å²) in [7, 11) is 0. The van der Waals surface area contributed by atoms with Crippen LogP contribution in [-0.2, 0) is 24.2 Å². The quantitative estimate of drug-likeness (QED) is 0.105. The van der Waals surface area contributed by atoms with Crippen LogP contribution in [0.5, 0.6) is 5.75 Å². The number of carboxylic acids is 2. The molecule has 4 aromatic rings. The fraction of sp³-hybridized carbons (Fsp3) is 0.282. The molecule has 0 saturated carbocycles. The third kappa shape index (κ3) is 12.1. The predicted octanol–water partition coefficient (Wildman–Crippen LogP) is 8.03. The minimum atomic E-state index is -0.948. The molecule has 0 aliphatic heterocycles. The van der Waals surface area contributed by atoms with Crippen molar-refractivity contribution in [3.05, 3.63) is 143 Å². The first-order valence-corrected chi connectivity index (χ1v) is 15.7. The molecule has 0 fully saturated rings. The maximum atomic E-state index is 11.7. The number of hydrogen-bond donors (Lipinski definition) is 2. The van der Waals surface area contributed by atoms with Gasteiger partial charge in [-0.25, -0.2) is 4.79 Å². The van der Waals surface area contributed by atoms with Gasteiger partial charge in [0, 0.05) is 12.1 Å². The number of aryl methyl sites for hydroxylation is 1. The first kappa shape index (κ1) is 33.2. The van der Waals surface area contributed by atoms with Crippen LogP contribution in [0.3, 0.4) is 0 Å². The number of unbranched alkanes of at least 4 members (excludes halogenated alkanes) is 2. The Morgan fingerprint density at radius 1 is 0.733 bits per heavy atom. The van der Waals surface area contributed by atoms with Crippen molar-refractivity contribution >= 4 is 18.0 Å². The second-order valence-corrected chi connectivity index (χ2v) is 11.4. The molecule has 0 aliphatic carbocycles. The molecule has 1 unspecified atom stereocenters. The summed E-state index contributed by atoms with van der Waals surface area (Å²) >= 11 is 0. The van der Waals surface area contributed by atoms with E-state index in [0.29, 0.717) is 26.1 Å². The van der Waals surface area contributed by atoms with Crippen LogP contribution in [0.4, 0.5) is 0 Å². The number of carbonyl (C=O) groups is 2. The Balaban J connectivity index is 1.40. The third-order valence-electron chi connectivity index (χ3n) is 7.80. The standard InChI is InChI=1S/C39H43NO5/c41-38(42)30-40(29-34-15-6-2-7-16-34)26-25-33(28-32-20-23-36(24-21-32)39(43)44)19-22-35-17-9-10-18-37(35)45-27-11-3-8-14-31-12-4-1-5-13-31/h1-2,4-7,9-10,12-13,15-24,33H,3,8,11,14,25-30H2,(H,41,42)(H,43,44). The van der Waals surface area contributed by atoms with Gasteiger partial charge in [-0.15, -0.1) is 0 Å². The van der Waals surface area contributed by atoms with E-state index in [2.05, 4.69) is 36.4 Å². The van der Waals surface area contributed by atoms with Crippen LogP contribution in [-0.4, -0.2) is 46.7 Å². The number of aliphatic carboxylic acids is 1. The van der Waals surface area contributed by atoms with E-state index in [4.69, 9.17) is 4.74 Å². The Morgan fingerprint density at radius 3 is 2.09 bits per heavy atom. The van der Waals surface area contributed by atoms with E-state index in [-0.39, 0.29) is 18.0 Å². The van der Waals surface area contributed by atoms with E-state index >= 15 is 0 Å². The highest BCUT2D eigenvalue weighted by molar-refractivity contribution is 5.87. The summed E-state index contributed by atoms with van der Waals surface area (Å²) in [6.07, 6.45) is 10.0. The van der Waals surface area contributed by atoms with Gasteiger partial charge in [-0.1, -0.05) is 103 Å². The normalized spacial score (nSPS) is 11.9. The number of allylic oxidation sites excluding steroid dienone is 1. The second kappa shape index (κ2) is 18.2. The van der Waals surface area contributed by atoms with Gasteiger partial charge >= 0.3 is 11.9 Å². The van der Waals surface area contributed by atoms with E-state index in [9.17, 15) is 19.8 Å². The molecule has 0 amide bonds. The van der Waals surface area contributed by atoms with Crippen LogP contribution in [0.1, 0.15) is 58.3 Å². The molecular formula is C39H43NO5. The molecule has 0 aromatic heterocycles. The Kier molecular flexibility index (Phi) is 13.4. The molecule has 1 atom stereocenters. The van der Waals surface area contributed by atoms with Crippen molar-refractivity contribution < 1.29 is 24.5 Å². The van der Waals surface area contributed by atoms with Crippen LogP contribution < -0.4 is 4.74 Å². The summed E-state index contributed by atoms with van der Waals surface area (Å²) in [5.41, 5.74) is 4.73. The molecule has 0 aliphatic rings. The maximum absolute atomic E-state index is 11.7. The van der Waals surface area contributed by atoms with Gasteiger partial charge in [0.1, 0.15) is 5.75 Å². The van der Waals surface area contributed by atoms with Crippen molar-refractivity contribution in [3.63, 3.8) is 0 Å². The molecule has 234 valence electrons. The molecular weight excluding hydrogens is 562 g/mol. The molecule has 0 heterocycles. The fourth-order valence-corrected chi connectivity index (χ4v) is 5.37. The smallest absolute Gasteiger partial charge is 0.335 e. The Bertz CT molecular complexity index is 1490. The van der Waals surface area contributed by atoms with Gasteiger partial charge in [0.15, 0.2) is 0 Å². The number of aromatic carboxylic acids is 1. The summed E-state index contributed by atoms with van der Waals surface area (Å²) in [6, 6.07) is 35.5. The van der Waals surface area contributed by atoms with Crippen molar-refractivity contribution in [3.8, 4) is 5.75 Å². The second-order valence-electron chi connectivity index (χ2n) is 11.4. The van der Waals surface area contributed by atoms with E-state index < -0.39 is 11.9 Å². The third-order valence-corrected chi connectivity index (χ3v) is 7.80. The van der Waals surface area contributed by atoms with Crippen LogP contribution in [0.15, 0.2) is 115 Å². The Hall–Kier alpha value is -4.68. The molecule has 0 spiro atoms. The number of carboxylic acid groups (broad SMARTS) is 2. The lowest BCUT2D eigenvalue weighted by molar-refractivity contribution is -0.138. The van der Waals surface area contributed by atoms with Crippen LogP contribution in [0.2, 0.25) is 0 Å². The maximum Gasteiger partial charge on any atom is 0.335 e. The molecule has 4 rings (SSSR count). The number of nitrogens with zero attached hydrogens (tertiary/aromatic N) is 1. The lowest BCUT2D eigenvalue weighted by Crippen LogP contribution is -2.31. The molecule has 2 N–H and O–H groups in total. The minimum absolute atomic E-state index is 0.0410. The lowest BCUT2D eigenvalue weighted by atomic mass is 9.94. The van der Waals surface area contributed by atoms with E-state index in [1.165, 1.54) is 5.56 Å². The summed E-state index contributed by atoms with van der Waals surface area (Å²) in [4.78, 5) is 25.0. The van der Waals surface area contributed by atoms with Gasteiger partial charge < -0.3 is 14.9 Å². The predicted molar refractivity (Wildman–Crippen MR) is 180 cm³/mol. The zero-order valence-electron chi connectivity index (χ0n) is 25.8. The van der Waals surface area contributed by atoms with Gasteiger partial charge in [-0.3, -0.25) is 9.69 Å². The molecule has 6 nitrogen and oxygen atoms in total. The largest absolute Gasteiger partial charge is 0.493 e. The first-order valence-electron chi connectivity index (χ1n) is 15.7. The molecule has 0 radical (unpaired) electrons. The van der Waals surface area contributed by atoms with Crippen molar-refractivity contribution in [2.75, 3.05) is 19.7 Å². The van der Waals surface area contributed by atoms with E-state index in [0.717, 1.165) is 54.5 Å². The SMILES string of the molecule is O=C(O)CN(CCC(C=Cc1ccccc1OCCCCCc1ccccc1)Cc1ccc(C(=O)O)cc1)Cc1ccccc1.